The molecule has 1 aromatic heterocycles. The molecule has 0 spiro atoms. The second-order valence-electron chi connectivity index (χ2n) is 4.13. The van der Waals surface area contributed by atoms with Crippen LogP contribution in [0, 0.1) is 5.92 Å². The Kier molecular flexibility index (Phi) is 2.83. The Labute approximate surface area is 94.4 Å². The van der Waals surface area contributed by atoms with E-state index >= 15 is 0 Å². The zero-order chi connectivity index (χ0) is 11.7. The topological polar surface area (TPSA) is 61.3 Å². The molecule has 2 aromatic rings. The number of para-hydroxylation sites is 1. The van der Waals surface area contributed by atoms with Gasteiger partial charge in [0.15, 0.2) is 11.1 Å². The van der Waals surface area contributed by atoms with Gasteiger partial charge in [0.1, 0.15) is 5.75 Å². The van der Waals surface area contributed by atoms with Gasteiger partial charge >= 0.3 is 0 Å². The SMILES string of the molecule is COc1cccc2oc(C(N)C(C)C)nc12. The van der Waals surface area contributed by atoms with Gasteiger partial charge in [-0.2, -0.15) is 0 Å². The summed E-state index contributed by atoms with van der Waals surface area (Å²) in [5.41, 5.74) is 7.44. The molecule has 4 nitrogen and oxygen atoms in total. The summed E-state index contributed by atoms with van der Waals surface area (Å²) in [5.74, 6) is 1.57. The first kappa shape index (κ1) is 11.0. The van der Waals surface area contributed by atoms with Gasteiger partial charge < -0.3 is 14.9 Å². The second-order valence-corrected chi connectivity index (χ2v) is 4.13. The van der Waals surface area contributed by atoms with Gasteiger partial charge in [-0.1, -0.05) is 19.9 Å². The normalized spacial score (nSPS) is 13.3. The van der Waals surface area contributed by atoms with Crippen LogP contribution >= 0.6 is 0 Å². The fraction of sp³-hybridized carbons (Fsp3) is 0.417. The Bertz CT molecular complexity index is 491. The summed E-state index contributed by atoms with van der Waals surface area (Å²) in [6.45, 7) is 4.08. The van der Waals surface area contributed by atoms with E-state index in [0.29, 0.717) is 23.1 Å². The predicted molar refractivity (Wildman–Crippen MR) is 62.3 cm³/mol. The van der Waals surface area contributed by atoms with Gasteiger partial charge in [0.05, 0.1) is 13.2 Å². The predicted octanol–water partition coefficient (Wildman–Crippen LogP) is 2.49. The molecule has 0 saturated carbocycles. The Morgan fingerprint density at radius 3 is 2.75 bits per heavy atom. The minimum atomic E-state index is -0.183. The molecule has 4 heteroatoms. The zero-order valence-electron chi connectivity index (χ0n) is 9.73. The highest BCUT2D eigenvalue weighted by molar-refractivity contribution is 5.79. The van der Waals surface area contributed by atoms with Crippen molar-refractivity contribution in [2.45, 2.75) is 19.9 Å². The molecule has 86 valence electrons. The van der Waals surface area contributed by atoms with E-state index in [4.69, 9.17) is 14.9 Å². The number of oxazole rings is 1. The highest BCUT2D eigenvalue weighted by Gasteiger charge is 2.18. The maximum Gasteiger partial charge on any atom is 0.212 e. The largest absolute Gasteiger partial charge is 0.494 e. The van der Waals surface area contributed by atoms with Crippen molar-refractivity contribution in [1.82, 2.24) is 4.98 Å². The molecule has 16 heavy (non-hydrogen) atoms. The Balaban J connectivity index is 2.51. The molecule has 0 aliphatic carbocycles. The van der Waals surface area contributed by atoms with Crippen molar-refractivity contribution < 1.29 is 9.15 Å². The van der Waals surface area contributed by atoms with Crippen LogP contribution in [0.1, 0.15) is 25.8 Å². The molecule has 0 radical (unpaired) electrons. The summed E-state index contributed by atoms with van der Waals surface area (Å²) in [4.78, 5) is 4.39. The summed E-state index contributed by atoms with van der Waals surface area (Å²) in [6.07, 6.45) is 0. The fourth-order valence-electron chi connectivity index (χ4n) is 1.53. The number of hydrogen-bond acceptors (Lipinski definition) is 4. The molecule has 0 aliphatic heterocycles. The number of benzene rings is 1. The molecule has 2 N–H and O–H groups in total. The van der Waals surface area contributed by atoms with Crippen molar-refractivity contribution in [2.24, 2.45) is 11.7 Å². The van der Waals surface area contributed by atoms with Crippen molar-refractivity contribution in [3.8, 4) is 5.75 Å². The molecule has 0 amide bonds. The molecule has 1 unspecified atom stereocenters. The summed E-state index contributed by atoms with van der Waals surface area (Å²) < 4.78 is 10.8. The average Bonchev–Trinajstić information content (AvgIpc) is 2.70. The minimum absolute atomic E-state index is 0.183. The van der Waals surface area contributed by atoms with Crippen LogP contribution in [0.3, 0.4) is 0 Å². The molecular formula is C12H16N2O2. The van der Waals surface area contributed by atoms with E-state index in [-0.39, 0.29) is 6.04 Å². The maximum absolute atomic E-state index is 6.00. The number of fused-ring (bicyclic) bond motifs is 1. The van der Waals surface area contributed by atoms with E-state index in [1.54, 1.807) is 7.11 Å². The van der Waals surface area contributed by atoms with Crippen molar-refractivity contribution in [3.05, 3.63) is 24.1 Å². The maximum atomic E-state index is 6.00. The third-order valence-electron chi connectivity index (χ3n) is 2.62. The van der Waals surface area contributed by atoms with Crippen molar-refractivity contribution in [1.29, 1.82) is 0 Å². The van der Waals surface area contributed by atoms with Crippen LogP contribution < -0.4 is 10.5 Å². The van der Waals surface area contributed by atoms with Crippen LogP contribution in [-0.4, -0.2) is 12.1 Å². The molecular weight excluding hydrogens is 204 g/mol. The monoisotopic (exact) mass is 220 g/mol. The third-order valence-corrected chi connectivity index (χ3v) is 2.62. The van der Waals surface area contributed by atoms with E-state index in [9.17, 15) is 0 Å². The lowest BCUT2D eigenvalue weighted by atomic mass is 10.1. The lowest BCUT2D eigenvalue weighted by Gasteiger charge is -2.10. The van der Waals surface area contributed by atoms with Crippen LogP contribution in [0.2, 0.25) is 0 Å². The first-order valence-electron chi connectivity index (χ1n) is 5.32. The summed E-state index contributed by atoms with van der Waals surface area (Å²) in [5, 5.41) is 0. The van der Waals surface area contributed by atoms with E-state index in [1.165, 1.54) is 0 Å². The lowest BCUT2D eigenvalue weighted by molar-refractivity contribution is 0.403. The van der Waals surface area contributed by atoms with E-state index < -0.39 is 0 Å². The lowest BCUT2D eigenvalue weighted by Crippen LogP contribution is -2.16. The number of methoxy groups -OCH3 is 1. The smallest absolute Gasteiger partial charge is 0.212 e. The van der Waals surface area contributed by atoms with Gasteiger partial charge in [-0.15, -0.1) is 0 Å². The quantitative estimate of drug-likeness (QED) is 0.863. The third kappa shape index (κ3) is 1.76. The summed E-state index contributed by atoms with van der Waals surface area (Å²) >= 11 is 0. The van der Waals surface area contributed by atoms with Crippen LogP contribution in [0.4, 0.5) is 0 Å². The number of nitrogens with two attached hydrogens (primary N) is 1. The number of ether oxygens (including phenoxy) is 1. The molecule has 1 atom stereocenters. The molecule has 1 heterocycles. The van der Waals surface area contributed by atoms with Gasteiger partial charge in [-0.25, -0.2) is 4.98 Å². The first-order valence-corrected chi connectivity index (χ1v) is 5.32. The Hall–Kier alpha value is -1.55. The van der Waals surface area contributed by atoms with Crippen LogP contribution in [-0.2, 0) is 0 Å². The van der Waals surface area contributed by atoms with Crippen LogP contribution in [0.25, 0.3) is 11.1 Å². The minimum Gasteiger partial charge on any atom is -0.494 e. The van der Waals surface area contributed by atoms with Gasteiger partial charge in [0.25, 0.3) is 0 Å². The van der Waals surface area contributed by atoms with Gasteiger partial charge in [0, 0.05) is 0 Å². The summed E-state index contributed by atoms with van der Waals surface area (Å²) in [6, 6.07) is 5.41. The number of nitrogens with zero attached hydrogens (tertiary/aromatic N) is 1. The molecule has 0 bridgehead atoms. The van der Waals surface area contributed by atoms with E-state index in [1.807, 2.05) is 32.0 Å². The number of rotatable bonds is 3. The van der Waals surface area contributed by atoms with E-state index in [0.717, 1.165) is 5.52 Å². The summed E-state index contributed by atoms with van der Waals surface area (Å²) in [7, 11) is 1.62. The van der Waals surface area contributed by atoms with Crippen molar-refractivity contribution in [2.75, 3.05) is 7.11 Å². The Morgan fingerprint density at radius 1 is 1.38 bits per heavy atom. The standard InChI is InChI=1S/C12H16N2O2/c1-7(2)10(13)12-14-11-8(15-3)5-4-6-9(11)16-12/h4-7,10H,13H2,1-3H3. The van der Waals surface area contributed by atoms with Gasteiger partial charge in [-0.3, -0.25) is 0 Å². The van der Waals surface area contributed by atoms with Crippen LogP contribution in [0.15, 0.2) is 22.6 Å². The first-order chi connectivity index (χ1) is 7.63. The molecule has 0 aliphatic rings. The zero-order valence-corrected chi connectivity index (χ0v) is 9.73. The van der Waals surface area contributed by atoms with Crippen molar-refractivity contribution in [3.63, 3.8) is 0 Å². The highest BCUT2D eigenvalue weighted by atomic mass is 16.5. The number of hydrogen-bond donors (Lipinski definition) is 1. The molecule has 2 rings (SSSR count). The second kappa shape index (κ2) is 4.14. The van der Waals surface area contributed by atoms with Crippen molar-refractivity contribution >= 4 is 11.1 Å². The van der Waals surface area contributed by atoms with E-state index in [2.05, 4.69) is 4.98 Å². The molecule has 0 fully saturated rings. The average molecular weight is 220 g/mol. The number of aromatic nitrogens is 1. The van der Waals surface area contributed by atoms with Crippen LogP contribution in [0.5, 0.6) is 5.75 Å². The van der Waals surface area contributed by atoms with Gasteiger partial charge in [0.2, 0.25) is 5.89 Å². The Morgan fingerprint density at radius 2 is 2.12 bits per heavy atom. The van der Waals surface area contributed by atoms with Gasteiger partial charge in [-0.05, 0) is 18.1 Å². The molecule has 1 aromatic carbocycles. The fourth-order valence-corrected chi connectivity index (χ4v) is 1.53. The molecule has 0 saturated heterocycles. The highest BCUT2D eigenvalue weighted by Crippen LogP contribution is 2.28.